The number of hydrogen-bond acceptors (Lipinski definition) is 4. The van der Waals surface area contributed by atoms with Crippen molar-refractivity contribution < 1.29 is 4.79 Å². The quantitative estimate of drug-likeness (QED) is 0.882. The van der Waals surface area contributed by atoms with Crippen LogP contribution in [0.25, 0.3) is 5.69 Å². The molecule has 0 saturated carbocycles. The Morgan fingerprint density at radius 1 is 1.11 bits per heavy atom. The first-order valence-electron chi connectivity index (χ1n) is 9.83. The summed E-state index contributed by atoms with van der Waals surface area (Å²) in [7, 11) is 2.20. The van der Waals surface area contributed by atoms with E-state index in [2.05, 4.69) is 28.4 Å². The molecule has 3 heterocycles. The van der Waals surface area contributed by atoms with Gasteiger partial charge < -0.3 is 10.2 Å². The summed E-state index contributed by atoms with van der Waals surface area (Å²) in [6, 6.07) is 9.90. The van der Waals surface area contributed by atoms with Crippen LogP contribution in [0.4, 0.5) is 0 Å². The number of nitrogens with zero attached hydrogens (tertiary/aromatic N) is 4. The summed E-state index contributed by atoms with van der Waals surface area (Å²) in [6.07, 6.45) is 2.20. The second-order valence-electron chi connectivity index (χ2n) is 8.01. The third kappa shape index (κ3) is 3.39. The SMILES string of the molecule is Cc1cc(C)n(-c2ccc(C(=O)N3CCN(C)C4(CCNCC4)C3)cc2)n1. The Balaban J connectivity index is 1.51. The molecule has 0 unspecified atom stereocenters. The number of likely N-dealkylation sites (N-methyl/N-ethyl adjacent to an activating group) is 1. The molecular weight excluding hydrogens is 338 g/mol. The molecule has 4 rings (SSSR count). The van der Waals surface area contributed by atoms with Crippen molar-refractivity contribution in [2.24, 2.45) is 0 Å². The van der Waals surface area contributed by atoms with Gasteiger partial charge in [-0.15, -0.1) is 0 Å². The predicted molar refractivity (Wildman–Crippen MR) is 106 cm³/mol. The van der Waals surface area contributed by atoms with Crippen LogP contribution >= 0.6 is 0 Å². The van der Waals surface area contributed by atoms with Crippen LogP contribution in [0.1, 0.15) is 34.6 Å². The number of nitrogens with one attached hydrogen (secondary N) is 1. The Kier molecular flexibility index (Phi) is 4.78. The van der Waals surface area contributed by atoms with Gasteiger partial charge >= 0.3 is 0 Å². The first kappa shape index (κ1) is 18.2. The van der Waals surface area contributed by atoms with Crippen LogP contribution in [0.5, 0.6) is 0 Å². The molecule has 2 fully saturated rings. The molecular formula is C21H29N5O. The molecule has 144 valence electrons. The number of rotatable bonds is 2. The summed E-state index contributed by atoms with van der Waals surface area (Å²) < 4.78 is 1.92. The van der Waals surface area contributed by atoms with E-state index in [0.29, 0.717) is 0 Å². The molecule has 0 radical (unpaired) electrons. The molecule has 0 aliphatic carbocycles. The van der Waals surface area contributed by atoms with E-state index in [4.69, 9.17) is 0 Å². The van der Waals surface area contributed by atoms with Crippen molar-refractivity contribution in [3.8, 4) is 5.69 Å². The maximum atomic E-state index is 13.1. The fourth-order valence-electron chi connectivity index (χ4n) is 4.49. The van der Waals surface area contributed by atoms with Gasteiger partial charge in [-0.3, -0.25) is 9.69 Å². The highest BCUT2D eigenvalue weighted by Gasteiger charge is 2.41. The van der Waals surface area contributed by atoms with E-state index < -0.39 is 0 Å². The van der Waals surface area contributed by atoms with E-state index in [1.807, 2.05) is 47.7 Å². The highest BCUT2D eigenvalue weighted by atomic mass is 16.2. The van der Waals surface area contributed by atoms with Crippen molar-refractivity contribution in [2.45, 2.75) is 32.2 Å². The number of hydrogen-bond donors (Lipinski definition) is 1. The fraction of sp³-hybridized carbons (Fsp3) is 0.524. The van der Waals surface area contributed by atoms with Gasteiger partial charge in [-0.2, -0.15) is 5.10 Å². The molecule has 6 nitrogen and oxygen atoms in total. The number of carbonyl (C=O) groups excluding carboxylic acids is 1. The monoisotopic (exact) mass is 367 g/mol. The molecule has 1 aromatic heterocycles. The van der Waals surface area contributed by atoms with Crippen molar-refractivity contribution in [3.05, 3.63) is 47.3 Å². The van der Waals surface area contributed by atoms with Gasteiger partial charge in [0.1, 0.15) is 0 Å². The minimum absolute atomic E-state index is 0.128. The van der Waals surface area contributed by atoms with E-state index in [0.717, 1.165) is 68.2 Å². The van der Waals surface area contributed by atoms with Gasteiger partial charge in [0.15, 0.2) is 0 Å². The van der Waals surface area contributed by atoms with Crippen LogP contribution in [0.3, 0.4) is 0 Å². The lowest BCUT2D eigenvalue weighted by atomic mass is 9.84. The van der Waals surface area contributed by atoms with Gasteiger partial charge in [0.2, 0.25) is 0 Å². The Morgan fingerprint density at radius 2 is 1.81 bits per heavy atom. The van der Waals surface area contributed by atoms with Gasteiger partial charge in [-0.1, -0.05) is 0 Å². The van der Waals surface area contributed by atoms with E-state index >= 15 is 0 Å². The van der Waals surface area contributed by atoms with Crippen molar-refractivity contribution in [2.75, 3.05) is 39.8 Å². The van der Waals surface area contributed by atoms with E-state index in [1.54, 1.807) is 0 Å². The number of piperidine rings is 1. The van der Waals surface area contributed by atoms with Gasteiger partial charge in [-0.25, -0.2) is 4.68 Å². The average molecular weight is 367 g/mol. The van der Waals surface area contributed by atoms with E-state index in [1.165, 1.54) is 0 Å². The van der Waals surface area contributed by atoms with Gasteiger partial charge in [-0.05, 0) is 77.2 Å². The zero-order valence-electron chi connectivity index (χ0n) is 16.5. The number of aryl methyl sites for hydroxylation is 2. The standard InChI is InChI=1S/C21H29N5O/c1-16-14-17(2)26(23-16)19-6-4-18(5-7-19)20(27)25-13-12-24(3)21(15-25)8-10-22-11-9-21/h4-7,14,22H,8-13,15H2,1-3H3. The summed E-state index contributed by atoms with van der Waals surface area (Å²) in [5.74, 6) is 0.140. The average Bonchev–Trinajstić information content (AvgIpc) is 3.02. The minimum Gasteiger partial charge on any atom is -0.336 e. The van der Waals surface area contributed by atoms with Crippen LogP contribution in [0, 0.1) is 13.8 Å². The number of amides is 1. The van der Waals surface area contributed by atoms with Crippen molar-refractivity contribution in [1.82, 2.24) is 24.9 Å². The van der Waals surface area contributed by atoms with Gasteiger partial charge in [0.05, 0.1) is 11.4 Å². The second kappa shape index (κ2) is 7.09. The zero-order valence-corrected chi connectivity index (χ0v) is 16.5. The molecule has 2 aromatic rings. The third-order valence-corrected chi connectivity index (χ3v) is 6.19. The Hall–Kier alpha value is -2.18. The molecule has 0 bridgehead atoms. The Bertz CT molecular complexity index is 820. The molecule has 6 heteroatoms. The number of carbonyl (C=O) groups is 1. The summed E-state index contributed by atoms with van der Waals surface area (Å²) in [6.45, 7) is 8.66. The third-order valence-electron chi connectivity index (χ3n) is 6.19. The van der Waals surface area contributed by atoms with Gasteiger partial charge in [0.25, 0.3) is 5.91 Å². The lowest BCUT2D eigenvalue weighted by molar-refractivity contribution is -0.000977. The molecule has 1 N–H and O–H groups in total. The summed E-state index contributed by atoms with van der Waals surface area (Å²) in [5, 5.41) is 7.96. The fourth-order valence-corrected chi connectivity index (χ4v) is 4.49. The molecule has 1 aromatic carbocycles. The van der Waals surface area contributed by atoms with Crippen LogP contribution in [-0.2, 0) is 0 Å². The van der Waals surface area contributed by atoms with E-state index in [-0.39, 0.29) is 11.4 Å². The summed E-state index contributed by atoms with van der Waals surface area (Å²) >= 11 is 0. The van der Waals surface area contributed by atoms with Crippen molar-refractivity contribution in [1.29, 1.82) is 0 Å². The number of aromatic nitrogens is 2. The van der Waals surface area contributed by atoms with Crippen molar-refractivity contribution in [3.63, 3.8) is 0 Å². The molecule has 2 saturated heterocycles. The second-order valence-corrected chi connectivity index (χ2v) is 8.01. The van der Waals surface area contributed by atoms with Crippen molar-refractivity contribution >= 4 is 5.91 Å². The maximum absolute atomic E-state index is 13.1. The number of benzene rings is 1. The molecule has 27 heavy (non-hydrogen) atoms. The summed E-state index contributed by atoms with van der Waals surface area (Å²) in [4.78, 5) is 17.6. The van der Waals surface area contributed by atoms with Crippen LogP contribution in [0.15, 0.2) is 30.3 Å². The maximum Gasteiger partial charge on any atom is 0.253 e. The highest BCUT2D eigenvalue weighted by molar-refractivity contribution is 5.94. The lowest BCUT2D eigenvalue weighted by Crippen LogP contribution is -2.64. The zero-order chi connectivity index (χ0) is 19.0. The minimum atomic E-state index is 0.128. The molecule has 1 spiro atoms. The molecule has 0 atom stereocenters. The van der Waals surface area contributed by atoms with Crippen LogP contribution < -0.4 is 5.32 Å². The Morgan fingerprint density at radius 3 is 2.44 bits per heavy atom. The normalized spacial score (nSPS) is 20.2. The molecule has 2 aliphatic rings. The largest absolute Gasteiger partial charge is 0.336 e. The number of piperazine rings is 1. The first-order valence-corrected chi connectivity index (χ1v) is 9.83. The first-order chi connectivity index (χ1) is 13.0. The van der Waals surface area contributed by atoms with Crippen LogP contribution in [-0.4, -0.2) is 70.8 Å². The lowest BCUT2D eigenvalue weighted by Gasteiger charge is -2.51. The smallest absolute Gasteiger partial charge is 0.253 e. The van der Waals surface area contributed by atoms with Gasteiger partial charge in [0, 0.05) is 36.4 Å². The van der Waals surface area contributed by atoms with Crippen LogP contribution in [0.2, 0.25) is 0 Å². The Labute approximate surface area is 161 Å². The summed E-state index contributed by atoms with van der Waals surface area (Å²) in [5.41, 5.74) is 3.97. The predicted octanol–water partition coefficient (Wildman–Crippen LogP) is 2.00. The topological polar surface area (TPSA) is 53.4 Å². The molecule has 1 amide bonds. The highest BCUT2D eigenvalue weighted by Crippen LogP contribution is 2.30. The van der Waals surface area contributed by atoms with E-state index in [9.17, 15) is 4.79 Å². The molecule has 2 aliphatic heterocycles.